The summed E-state index contributed by atoms with van der Waals surface area (Å²) in [5.41, 5.74) is 0.541. The summed E-state index contributed by atoms with van der Waals surface area (Å²) in [5, 5.41) is 3.47. The topological polar surface area (TPSA) is 15.3 Å². The zero-order chi connectivity index (χ0) is 13.7. The van der Waals surface area contributed by atoms with E-state index in [-0.39, 0.29) is 0 Å². The van der Waals surface area contributed by atoms with E-state index in [9.17, 15) is 0 Å². The van der Waals surface area contributed by atoms with E-state index in [1.807, 2.05) is 0 Å². The van der Waals surface area contributed by atoms with Gasteiger partial charge in [-0.15, -0.1) is 0 Å². The molecule has 0 saturated heterocycles. The molecule has 0 radical (unpaired) electrons. The van der Waals surface area contributed by atoms with Crippen molar-refractivity contribution in [2.75, 3.05) is 33.7 Å². The first-order valence-corrected chi connectivity index (χ1v) is 8.47. The Kier molecular flexibility index (Phi) is 5.70. The van der Waals surface area contributed by atoms with Crippen molar-refractivity contribution in [3.8, 4) is 0 Å². The maximum atomic E-state index is 3.47. The van der Waals surface area contributed by atoms with Crippen molar-refractivity contribution in [1.29, 1.82) is 0 Å². The minimum absolute atomic E-state index is 0.541. The monoisotopic (exact) mass is 266 g/mol. The average molecular weight is 266 g/mol. The number of hydrogen-bond acceptors (Lipinski definition) is 2. The van der Waals surface area contributed by atoms with Crippen molar-refractivity contribution in [3.05, 3.63) is 0 Å². The first kappa shape index (κ1) is 15.3. The Morgan fingerprint density at radius 2 is 1.89 bits per heavy atom. The standard InChI is InChI=1S/C17H34N2/c1-15-7-6-10-17(11-15,13-18-2)14-19(3)12-16-8-4-5-9-16/h15-16,18H,4-14H2,1-3H3. The van der Waals surface area contributed by atoms with Crippen LogP contribution in [-0.4, -0.2) is 38.6 Å². The molecule has 0 amide bonds. The van der Waals surface area contributed by atoms with Crippen LogP contribution in [0.2, 0.25) is 0 Å². The van der Waals surface area contributed by atoms with E-state index in [1.54, 1.807) is 0 Å². The number of nitrogens with one attached hydrogen (secondary N) is 1. The molecule has 0 bridgehead atoms. The highest BCUT2D eigenvalue weighted by molar-refractivity contribution is 4.89. The number of rotatable bonds is 6. The van der Waals surface area contributed by atoms with Crippen LogP contribution in [0.15, 0.2) is 0 Å². The third-order valence-corrected chi connectivity index (χ3v) is 5.39. The second-order valence-corrected chi connectivity index (χ2v) is 7.58. The van der Waals surface area contributed by atoms with E-state index in [2.05, 4.69) is 31.2 Å². The van der Waals surface area contributed by atoms with E-state index < -0.39 is 0 Å². The first-order chi connectivity index (χ1) is 9.13. The SMILES string of the molecule is CNCC1(CN(C)CC2CCCC2)CCCC(C)C1. The van der Waals surface area contributed by atoms with Crippen molar-refractivity contribution in [2.24, 2.45) is 17.3 Å². The lowest BCUT2D eigenvalue weighted by atomic mass is 9.69. The lowest BCUT2D eigenvalue weighted by Gasteiger charge is -2.43. The van der Waals surface area contributed by atoms with Crippen LogP contribution in [0.1, 0.15) is 58.3 Å². The van der Waals surface area contributed by atoms with Crippen LogP contribution in [0.3, 0.4) is 0 Å². The van der Waals surface area contributed by atoms with Crippen LogP contribution >= 0.6 is 0 Å². The lowest BCUT2D eigenvalue weighted by molar-refractivity contribution is 0.0871. The van der Waals surface area contributed by atoms with Crippen molar-refractivity contribution in [1.82, 2.24) is 10.2 Å². The van der Waals surface area contributed by atoms with Gasteiger partial charge in [0.05, 0.1) is 0 Å². The summed E-state index contributed by atoms with van der Waals surface area (Å²) in [4.78, 5) is 2.64. The minimum atomic E-state index is 0.541. The lowest BCUT2D eigenvalue weighted by Crippen LogP contribution is -2.45. The molecule has 2 aliphatic rings. The van der Waals surface area contributed by atoms with E-state index in [4.69, 9.17) is 0 Å². The summed E-state index contributed by atoms with van der Waals surface area (Å²) in [6.07, 6.45) is 11.6. The van der Waals surface area contributed by atoms with Gasteiger partial charge in [-0.2, -0.15) is 0 Å². The van der Waals surface area contributed by atoms with Crippen LogP contribution in [0.25, 0.3) is 0 Å². The second-order valence-electron chi connectivity index (χ2n) is 7.58. The van der Waals surface area contributed by atoms with Crippen molar-refractivity contribution in [3.63, 3.8) is 0 Å². The van der Waals surface area contributed by atoms with Gasteiger partial charge in [-0.3, -0.25) is 0 Å². The zero-order valence-electron chi connectivity index (χ0n) is 13.4. The predicted octanol–water partition coefficient (Wildman–Crippen LogP) is 3.52. The van der Waals surface area contributed by atoms with E-state index in [0.717, 1.165) is 11.8 Å². The molecule has 2 saturated carbocycles. The van der Waals surface area contributed by atoms with E-state index >= 15 is 0 Å². The first-order valence-electron chi connectivity index (χ1n) is 8.47. The van der Waals surface area contributed by atoms with Gasteiger partial charge in [0.25, 0.3) is 0 Å². The Morgan fingerprint density at radius 3 is 2.53 bits per heavy atom. The average Bonchev–Trinajstić information content (AvgIpc) is 2.81. The molecule has 2 rings (SSSR count). The van der Waals surface area contributed by atoms with Gasteiger partial charge in [-0.05, 0) is 57.0 Å². The molecule has 0 aromatic rings. The highest BCUT2D eigenvalue weighted by Crippen LogP contribution is 2.39. The number of hydrogen-bond donors (Lipinski definition) is 1. The molecule has 0 heterocycles. The van der Waals surface area contributed by atoms with Crippen molar-refractivity contribution in [2.45, 2.75) is 58.3 Å². The maximum Gasteiger partial charge on any atom is 0.00473 e. The number of nitrogens with zero attached hydrogens (tertiary/aromatic N) is 1. The van der Waals surface area contributed by atoms with E-state index in [1.165, 1.54) is 71.0 Å². The van der Waals surface area contributed by atoms with E-state index in [0.29, 0.717) is 5.41 Å². The summed E-state index contributed by atoms with van der Waals surface area (Å²) < 4.78 is 0. The highest BCUT2D eigenvalue weighted by Gasteiger charge is 2.35. The largest absolute Gasteiger partial charge is 0.319 e. The summed E-state index contributed by atoms with van der Waals surface area (Å²) in [7, 11) is 4.48. The molecule has 1 N–H and O–H groups in total. The summed E-state index contributed by atoms with van der Waals surface area (Å²) >= 11 is 0. The summed E-state index contributed by atoms with van der Waals surface area (Å²) in [6.45, 7) is 6.28. The fourth-order valence-corrected chi connectivity index (χ4v) is 4.77. The Hall–Kier alpha value is -0.0800. The van der Waals surface area contributed by atoms with Gasteiger partial charge in [0.1, 0.15) is 0 Å². The van der Waals surface area contributed by atoms with Crippen LogP contribution in [-0.2, 0) is 0 Å². The molecule has 0 spiro atoms. The quantitative estimate of drug-likeness (QED) is 0.791. The maximum absolute atomic E-state index is 3.47. The van der Waals surface area contributed by atoms with Crippen molar-refractivity contribution < 1.29 is 0 Å². The van der Waals surface area contributed by atoms with Gasteiger partial charge in [0.2, 0.25) is 0 Å². The molecule has 112 valence electrons. The Labute approximate surface area is 120 Å². The fraction of sp³-hybridized carbons (Fsp3) is 1.00. The normalized spacial score (nSPS) is 33.2. The Bertz CT molecular complexity index is 256. The third kappa shape index (κ3) is 4.46. The molecule has 2 nitrogen and oxygen atoms in total. The summed E-state index contributed by atoms with van der Waals surface area (Å²) in [6, 6.07) is 0. The van der Waals surface area contributed by atoms with Crippen LogP contribution in [0, 0.1) is 17.3 Å². The van der Waals surface area contributed by atoms with Gasteiger partial charge in [0, 0.05) is 19.6 Å². The Morgan fingerprint density at radius 1 is 1.16 bits per heavy atom. The van der Waals surface area contributed by atoms with Gasteiger partial charge in [-0.1, -0.05) is 32.6 Å². The third-order valence-electron chi connectivity index (χ3n) is 5.39. The molecular weight excluding hydrogens is 232 g/mol. The second kappa shape index (κ2) is 7.08. The molecule has 0 aliphatic heterocycles. The van der Waals surface area contributed by atoms with Gasteiger partial charge >= 0.3 is 0 Å². The molecular formula is C17H34N2. The molecule has 0 aromatic carbocycles. The van der Waals surface area contributed by atoms with Gasteiger partial charge in [-0.25, -0.2) is 0 Å². The molecule has 19 heavy (non-hydrogen) atoms. The Balaban J connectivity index is 1.87. The molecule has 2 unspecified atom stereocenters. The van der Waals surface area contributed by atoms with Crippen LogP contribution < -0.4 is 5.32 Å². The van der Waals surface area contributed by atoms with Crippen LogP contribution in [0.5, 0.6) is 0 Å². The zero-order valence-corrected chi connectivity index (χ0v) is 13.4. The minimum Gasteiger partial charge on any atom is -0.319 e. The van der Waals surface area contributed by atoms with Gasteiger partial charge in [0.15, 0.2) is 0 Å². The smallest absolute Gasteiger partial charge is 0.00473 e. The summed E-state index contributed by atoms with van der Waals surface area (Å²) in [5.74, 6) is 1.90. The van der Waals surface area contributed by atoms with Crippen molar-refractivity contribution >= 4 is 0 Å². The van der Waals surface area contributed by atoms with Crippen LogP contribution in [0.4, 0.5) is 0 Å². The predicted molar refractivity (Wildman–Crippen MR) is 83.4 cm³/mol. The fourth-order valence-electron chi connectivity index (χ4n) is 4.77. The highest BCUT2D eigenvalue weighted by atomic mass is 15.1. The molecule has 2 aliphatic carbocycles. The molecule has 0 aromatic heterocycles. The molecule has 2 atom stereocenters. The molecule has 2 fully saturated rings. The molecule has 2 heteroatoms. The van der Waals surface area contributed by atoms with Gasteiger partial charge < -0.3 is 10.2 Å².